The Morgan fingerprint density at radius 2 is 1.92 bits per heavy atom. The summed E-state index contributed by atoms with van der Waals surface area (Å²) in [6.45, 7) is 0.588. The molecule has 26 heavy (non-hydrogen) atoms. The van der Waals surface area contributed by atoms with Gasteiger partial charge in [0.1, 0.15) is 11.6 Å². The van der Waals surface area contributed by atoms with E-state index < -0.39 is 0 Å². The van der Waals surface area contributed by atoms with Crippen LogP contribution in [0.5, 0.6) is 0 Å². The number of rotatable bonds is 6. The summed E-state index contributed by atoms with van der Waals surface area (Å²) in [6, 6.07) is 14.5. The summed E-state index contributed by atoms with van der Waals surface area (Å²) in [5.74, 6) is 1.51. The third kappa shape index (κ3) is 3.71. The molecule has 5 nitrogen and oxygen atoms in total. The van der Waals surface area contributed by atoms with Crippen LogP contribution < -0.4 is 5.32 Å². The Kier molecular flexibility index (Phi) is 4.85. The fourth-order valence-electron chi connectivity index (χ4n) is 2.57. The topological polar surface area (TPSA) is 55.6 Å². The fraction of sp³-hybridized carbons (Fsp3) is 0.167. The Morgan fingerprint density at radius 3 is 2.73 bits per heavy atom. The van der Waals surface area contributed by atoms with Gasteiger partial charge in [0.05, 0.1) is 16.8 Å². The number of aryl methyl sites for hydroxylation is 1. The second-order valence-corrected chi connectivity index (χ2v) is 7.92. The van der Waals surface area contributed by atoms with E-state index >= 15 is 0 Å². The summed E-state index contributed by atoms with van der Waals surface area (Å²) in [5.41, 5.74) is 3.13. The number of aromatic nitrogens is 4. The van der Waals surface area contributed by atoms with Crippen molar-refractivity contribution in [1.29, 1.82) is 0 Å². The molecule has 0 aliphatic carbocycles. The summed E-state index contributed by atoms with van der Waals surface area (Å²) in [7, 11) is 2.03. The molecule has 0 atom stereocenters. The average molecular weight is 385 g/mol. The summed E-state index contributed by atoms with van der Waals surface area (Å²) >= 11 is 3.13. The van der Waals surface area contributed by atoms with E-state index in [0.29, 0.717) is 6.54 Å². The van der Waals surface area contributed by atoms with Gasteiger partial charge in [0, 0.05) is 13.6 Å². The smallest absolute Gasteiger partial charge is 0.206 e. The minimum atomic E-state index is -0.231. The highest BCUT2D eigenvalue weighted by atomic mass is 32.2. The van der Waals surface area contributed by atoms with Crippen LogP contribution in [0.4, 0.5) is 9.52 Å². The summed E-state index contributed by atoms with van der Waals surface area (Å²) in [4.78, 5) is 4.67. The number of nitrogens with one attached hydrogen (secondary N) is 1. The molecule has 2 heterocycles. The molecule has 2 aromatic heterocycles. The van der Waals surface area contributed by atoms with Crippen molar-refractivity contribution in [3.63, 3.8) is 0 Å². The minimum absolute atomic E-state index is 0.231. The Hall–Kier alpha value is -2.45. The molecule has 0 fully saturated rings. The zero-order valence-electron chi connectivity index (χ0n) is 14.0. The van der Waals surface area contributed by atoms with Crippen LogP contribution in [-0.2, 0) is 19.3 Å². The van der Waals surface area contributed by atoms with E-state index in [1.54, 1.807) is 23.9 Å². The van der Waals surface area contributed by atoms with E-state index in [4.69, 9.17) is 0 Å². The van der Waals surface area contributed by atoms with Crippen LogP contribution in [0.15, 0.2) is 52.9 Å². The van der Waals surface area contributed by atoms with E-state index in [9.17, 15) is 4.39 Å². The third-order valence-electron chi connectivity index (χ3n) is 3.97. The van der Waals surface area contributed by atoms with E-state index in [1.165, 1.54) is 23.5 Å². The van der Waals surface area contributed by atoms with Crippen LogP contribution >= 0.6 is 23.1 Å². The molecule has 0 bridgehead atoms. The number of benzene rings is 2. The second-order valence-electron chi connectivity index (χ2n) is 5.72. The van der Waals surface area contributed by atoms with Crippen molar-refractivity contribution < 1.29 is 4.39 Å². The predicted octanol–water partition coefficient (Wildman–Crippen LogP) is 4.47. The molecule has 0 spiro atoms. The van der Waals surface area contributed by atoms with Gasteiger partial charge in [-0.1, -0.05) is 47.4 Å². The maximum Gasteiger partial charge on any atom is 0.206 e. The predicted molar refractivity (Wildman–Crippen MR) is 104 cm³/mol. The second kappa shape index (κ2) is 7.43. The monoisotopic (exact) mass is 385 g/mol. The number of thioether (sulfide) groups is 1. The molecule has 0 radical (unpaired) electrons. The molecule has 0 saturated carbocycles. The first-order valence-electron chi connectivity index (χ1n) is 8.04. The van der Waals surface area contributed by atoms with Crippen molar-refractivity contribution in [2.75, 3.05) is 5.32 Å². The summed E-state index contributed by atoms with van der Waals surface area (Å²) in [5, 5.41) is 12.3. The zero-order valence-corrected chi connectivity index (χ0v) is 15.6. The fourth-order valence-corrected chi connectivity index (χ4v) is 4.30. The highest BCUT2D eigenvalue weighted by molar-refractivity contribution is 8.00. The van der Waals surface area contributed by atoms with Crippen LogP contribution in [0.2, 0.25) is 0 Å². The lowest BCUT2D eigenvalue weighted by atomic mass is 10.2. The first kappa shape index (κ1) is 17.0. The molecule has 4 rings (SSSR count). The number of anilines is 1. The lowest BCUT2D eigenvalue weighted by Crippen LogP contribution is -1.98. The maximum absolute atomic E-state index is 12.9. The lowest BCUT2D eigenvalue weighted by Gasteiger charge is -2.01. The number of hydrogen-bond donors (Lipinski definition) is 1. The molecule has 0 saturated heterocycles. The van der Waals surface area contributed by atoms with Crippen LogP contribution in [-0.4, -0.2) is 19.7 Å². The van der Waals surface area contributed by atoms with Crippen molar-refractivity contribution in [1.82, 2.24) is 19.7 Å². The number of imidazole rings is 1. The molecule has 2 aromatic carbocycles. The quantitative estimate of drug-likeness (QED) is 0.496. The van der Waals surface area contributed by atoms with Gasteiger partial charge >= 0.3 is 0 Å². The molecule has 132 valence electrons. The standard InChI is InChI=1S/C18H16FN5S2/c1-24-15-5-3-2-4-14(15)21-16(24)11-25-18-23-22-17(26-18)20-10-12-6-8-13(19)9-7-12/h2-9H,10-11H2,1H3,(H,20,22). The number of hydrogen-bond acceptors (Lipinski definition) is 6. The Labute approximate surface area is 158 Å². The van der Waals surface area contributed by atoms with Gasteiger partial charge in [-0.25, -0.2) is 9.37 Å². The number of halogens is 1. The van der Waals surface area contributed by atoms with Gasteiger partial charge in [-0.3, -0.25) is 0 Å². The Balaban J connectivity index is 1.37. The van der Waals surface area contributed by atoms with Crippen molar-refractivity contribution in [3.8, 4) is 0 Å². The molecule has 0 aliphatic heterocycles. The molecule has 0 amide bonds. The molecular weight excluding hydrogens is 369 g/mol. The van der Waals surface area contributed by atoms with E-state index in [0.717, 1.165) is 37.6 Å². The van der Waals surface area contributed by atoms with Crippen molar-refractivity contribution in [2.24, 2.45) is 7.05 Å². The Morgan fingerprint density at radius 1 is 1.12 bits per heavy atom. The van der Waals surface area contributed by atoms with Gasteiger partial charge in [-0.15, -0.1) is 10.2 Å². The minimum Gasteiger partial charge on any atom is -0.356 e. The van der Waals surface area contributed by atoms with Gasteiger partial charge in [0.15, 0.2) is 4.34 Å². The van der Waals surface area contributed by atoms with Gasteiger partial charge < -0.3 is 9.88 Å². The molecule has 0 aliphatic rings. The summed E-state index contributed by atoms with van der Waals surface area (Å²) < 4.78 is 15.9. The van der Waals surface area contributed by atoms with Gasteiger partial charge in [0.2, 0.25) is 5.13 Å². The van der Waals surface area contributed by atoms with Crippen LogP contribution in [0.1, 0.15) is 11.4 Å². The molecule has 0 unspecified atom stereocenters. The maximum atomic E-state index is 12.9. The normalized spacial score (nSPS) is 11.2. The number of fused-ring (bicyclic) bond motifs is 1. The zero-order chi connectivity index (χ0) is 17.9. The molecule has 4 aromatic rings. The van der Waals surface area contributed by atoms with E-state index in [-0.39, 0.29) is 5.82 Å². The van der Waals surface area contributed by atoms with E-state index in [2.05, 4.69) is 31.1 Å². The first-order valence-corrected chi connectivity index (χ1v) is 9.84. The molecule has 8 heteroatoms. The number of nitrogens with zero attached hydrogens (tertiary/aromatic N) is 4. The lowest BCUT2D eigenvalue weighted by molar-refractivity contribution is 0.627. The molecular formula is C18H16FN5S2. The SMILES string of the molecule is Cn1c(CSc2nnc(NCc3ccc(F)cc3)s2)nc2ccccc21. The van der Waals surface area contributed by atoms with Crippen LogP contribution in [0.25, 0.3) is 11.0 Å². The third-order valence-corrected chi connectivity index (χ3v) is 5.98. The molecule has 1 N–H and O–H groups in total. The largest absolute Gasteiger partial charge is 0.356 e. The van der Waals surface area contributed by atoms with Crippen molar-refractivity contribution in [3.05, 3.63) is 65.7 Å². The van der Waals surface area contributed by atoms with Gasteiger partial charge in [-0.05, 0) is 29.8 Å². The average Bonchev–Trinajstić information content (AvgIpc) is 3.24. The van der Waals surface area contributed by atoms with Crippen LogP contribution in [0.3, 0.4) is 0 Å². The van der Waals surface area contributed by atoms with E-state index in [1.807, 2.05) is 25.2 Å². The summed E-state index contributed by atoms with van der Waals surface area (Å²) in [6.07, 6.45) is 0. The van der Waals surface area contributed by atoms with Crippen molar-refractivity contribution in [2.45, 2.75) is 16.6 Å². The van der Waals surface area contributed by atoms with Gasteiger partial charge in [-0.2, -0.15) is 0 Å². The van der Waals surface area contributed by atoms with Crippen LogP contribution in [0, 0.1) is 5.82 Å². The first-order chi connectivity index (χ1) is 12.7. The van der Waals surface area contributed by atoms with Gasteiger partial charge in [0.25, 0.3) is 0 Å². The van der Waals surface area contributed by atoms with Crippen molar-refractivity contribution >= 4 is 39.3 Å². The Bertz CT molecular complexity index is 1030. The number of para-hydroxylation sites is 2. The highest BCUT2D eigenvalue weighted by Crippen LogP contribution is 2.29. The highest BCUT2D eigenvalue weighted by Gasteiger charge is 2.10.